The molecular formula is C38H57ClO5. The first-order valence-corrected chi connectivity index (χ1v) is 17.6. The summed E-state index contributed by atoms with van der Waals surface area (Å²) in [5, 5.41) is 0.697. The van der Waals surface area contributed by atoms with Crippen molar-refractivity contribution in [1.29, 1.82) is 0 Å². The summed E-state index contributed by atoms with van der Waals surface area (Å²) in [4.78, 5) is 0. The Labute approximate surface area is 272 Å². The minimum atomic E-state index is -0.364. The standard InChI is InChI=1S/C38H57ClO5/c1-6-11-21-40-28-32-27-35(37(42-23-13-8-3)38(43-24-14-9-4)36(32)41-22-12-7-2)44-34-20-19-33(39)26-31(34)25-30-17-15-29(10-5)16-18-30/h15-20,26-27,35-38H,6-14,21-25,28H2,1-5H3/t35-,36-,37+,38+/m1/s1. The van der Waals surface area contributed by atoms with E-state index in [1.54, 1.807) is 0 Å². The van der Waals surface area contributed by atoms with Crippen LogP contribution < -0.4 is 4.74 Å². The van der Waals surface area contributed by atoms with Gasteiger partial charge < -0.3 is 23.7 Å². The van der Waals surface area contributed by atoms with Gasteiger partial charge in [-0.15, -0.1) is 0 Å². The summed E-state index contributed by atoms with van der Waals surface area (Å²) in [5.74, 6) is 0.809. The van der Waals surface area contributed by atoms with Gasteiger partial charge in [-0.05, 0) is 73.1 Å². The van der Waals surface area contributed by atoms with Crippen LogP contribution in [0.3, 0.4) is 0 Å². The van der Waals surface area contributed by atoms with Crippen LogP contribution in [0, 0.1) is 0 Å². The Morgan fingerprint density at radius 1 is 0.659 bits per heavy atom. The molecule has 0 fully saturated rings. The first kappa shape index (κ1) is 36.6. The number of hydrogen-bond donors (Lipinski definition) is 0. The molecule has 2 aromatic carbocycles. The lowest BCUT2D eigenvalue weighted by Crippen LogP contribution is -2.55. The van der Waals surface area contributed by atoms with Crippen molar-refractivity contribution in [3.05, 3.63) is 75.8 Å². The number of aryl methyl sites for hydroxylation is 1. The fraction of sp³-hybridized carbons (Fsp3) is 0.632. The van der Waals surface area contributed by atoms with Crippen LogP contribution in [0.2, 0.25) is 5.02 Å². The highest BCUT2D eigenvalue weighted by Crippen LogP contribution is 2.34. The summed E-state index contributed by atoms with van der Waals surface area (Å²) < 4.78 is 33.0. The number of halogens is 1. The Kier molecular flexibility index (Phi) is 17.5. The summed E-state index contributed by atoms with van der Waals surface area (Å²) >= 11 is 6.52. The molecule has 3 rings (SSSR count). The third-order valence-corrected chi connectivity index (χ3v) is 8.36. The van der Waals surface area contributed by atoms with Crippen LogP contribution in [-0.2, 0) is 31.8 Å². The zero-order valence-electron chi connectivity index (χ0n) is 28.0. The van der Waals surface area contributed by atoms with Crippen molar-refractivity contribution in [2.75, 3.05) is 33.0 Å². The zero-order valence-corrected chi connectivity index (χ0v) is 28.7. The molecule has 0 amide bonds. The van der Waals surface area contributed by atoms with Gasteiger partial charge in [0.05, 0.1) is 6.61 Å². The smallest absolute Gasteiger partial charge is 0.146 e. The second kappa shape index (κ2) is 21.0. The highest BCUT2D eigenvalue weighted by Gasteiger charge is 2.44. The molecule has 0 aliphatic heterocycles. The van der Waals surface area contributed by atoms with Crippen molar-refractivity contribution in [3.8, 4) is 5.75 Å². The number of benzene rings is 2. The molecule has 2 aromatic rings. The Balaban J connectivity index is 1.99. The average Bonchev–Trinajstić information content (AvgIpc) is 3.03. The molecule has 1 aliphatic rings. The molecule has 0 spiro atoms. The number of unbranched alkanes of at least 4 members (excludes halogenated alkanes) is 4. The van der Waals surface area contributed by atoms with Crippen LogP contribution in [0.15, 0.2) is 54.1 Å². The van der Waals surface area contributed by atoms with Crippen LogP contribution in [0.1, 0.15) is 103 Å². The molecule has 1 aliphatic carbocycles. The van der Waals surface area contributed by atoms with Gasteiger partial charge in [0.1, 0.15) is 30.2 Å². The Bertz CT molecular complexity index is 1090. The van der Waals surface area contributed by atoms with Crippen LogP contribution >= 0.6 is 11.6 Å². The average molecular weight is 629 g/mol. The second-order valence-electron chi connectivity index (χ2n) is 11.9. The number of hydrogen-bond acceptors (Lipinski definition) is 5. The van der Waals surface area contributed by atoms with Gasteiger partial charge in [-0.25, -0.2) is 0 Å². The minimum Gasteiger partial charge on any atom is -0.483 e. The quantitative estimate of drug-likeness (QED) is 0.0960. The fourth-order valence-corrected chi connectivity index (χ4v) is 5.55. The maximum atomic E-state index is 6.92. The molecule has 4 atom stereocenters. The van der Waals surface area contributed by atoms with Crippen LogP contribution in [0.4, 0.5) is 0 Å². The zero-order chi connectivity index (χ0) is 31.6. The van der Waals surface area contributed by atoms with Crippen molar-refractivity contribution in [1.82, 2.24) is 0 Å². The van der Waals surface area contributed by atoms with E-state index in [-0.39, 0.29) is 24.4 Å². The SMILES string of the molecule is CCCCOCC1=C[C@@H](Oc2ccc(Cl)cc2Cc2ccc(CC)cc2)[C@H](OCCCC)[C@@H](OCCCC)[C@@H]1OCCCC. The van der Waals surface area contributed by atoms with Crippen LogP contribution in [0.25, 0.3) is 0 Å². The first-order chi connectivity index (χ1) is 21.5. The Morgan fingerprint density at radius 3 is 1.89 bits per heavy atom. The monoisotopic (exact) mass is 628 g/mol. The molecule has 0 aromatic heterocycles. The molecular weight excluding hydrogens is 572 g/mol. The van der Waals surface area contributed by atoms with Crippen molar-refractivity contribution in [3.63, 3.8) is 0 Å². The van der Waals surface area contributed by atoms with Gasteiger partial charge >= 0.3 is 0 Å². The summed E-state index contributed by atoms with van der Waals surface area (Å²) in [7, 11) is 0. The Morgan fingerprint density at radius 2 is 1.25 bits per heavy atom. The summed E-state index contributed by atoms with van der Waals surface area (Å²) in [6.45, 7) is 14.1. The minimum absolute atomic E-state index is 0.242. The topological polar surface area (TPSA) is 46.2 Å². The van der Waals surface area contributed by atoms with Crippen molar-refractivity contribution >= 4 is 11.6 Å². The maximum Gasteiger partial charge on any atom is 0.146 e. The molecule has 0 bridgehead atoms. The first-order valence-electron chi connectivity index (χ1n) is 17.2. The van der Waals surface area contributed by atoms with Crippen LogP contribution in [-0.4, -0.2) is 57.5 Å². The Hall–Kier alpha value is -1.89. The van der Waals surface area contributed by atoms with Crippen molar-refractivity contribution < 1.29 is 23.7 Å². The molecule has 6 heteroatoms. The van der Waals surface area contributed by atoms with E-state index in [4.69, 9.17) is 35.3 Å². The van der Waals surface area contributed by atoms with E-state index in [0.717, 1.165) is 87.7 Å². The fourth-order valence-electron chi connectivity index (χ4n) is 5.36. The lowest BCUT2D eigenvalue weighted by atomic mass is 9.88. The second-order valence-corrected chi connectivity index (χ2v) is 12.3. The maximum absolute atomic E-state index is 6.92. The highest BCUT2D eigenvalue weighted by atomic mass is 35.5. The van der Waals surface area contributed by atoms with E-state index in [9.17, 15) is 0 Å². The van der Waals surface area contributed by atoms with Gasteiger partial charge in [-0.1, -0.05) is 96.2 Å². The lowest BCUT2D eigenvalue weighted by molar-refractivity contribution is -0.159. The lowest BCUT2D eigenvalue weighted by Gasteiger charge is -2.42. The molecule has 0 N–H and O–H groups in total. The van der Waals surface area contributed by atoms with Gasteiger partial charge in [-0.2, -0.15) is 0 Å². The molecule has 0 heterocycles. The predicted molar refractivity (Wildman–Crippen MR) is 182 cm³/mol. The van der Waals surface area contributed by atoms with E-state index < -0.39 is 0 Å². The summed E-state index contributed by atoms with van der Waals surface area (Å²) in [6.07, 6.45) is 11.0. The predicted octanol–water partition coefficient (Wildman–Crippen LogP) is 9.55. The third kappa shape index (κ3) is 11.8. The number of rotatable bonds is 22. The molecule has 246 valence electrons. The van der Waals surface area contributed by atoms with Crippen molar-refractivity contribution in [2.24, 2.45) is 0 Å². The molecule has 0 saturated carbocycles. The van der Waals surface area contributed by atoms with E-state index in [1.165, 1.54) is 11.1 Å². The third-order valence-electron chi connectivity index (χ3n) is 8.12. The molecule has 0 saturated heterocycles. The van der Waals surface area contributed by atoms with Gasteiger partial charge in [-0.3, -0.25) is 0 Å². The van der Waals surface area contributed by atoms with E-state index in [1.807, 2.05) is 18.2 Å². The number of ether oxygens (including phenoxy) is 5. The summed E-state index contributed by atoms with van der Waals surface area (Å²) in [5.41, 5.74) is 4.67. The van der Waals surface area contributed by atoms with Gasteiger partial charge in [0, 0.05) is 43.4 Å². The van der Waals surface area contributed by atoms with Crippen LogP contribution in [0.5, 0.6) is 5.75 Å². The van der Waals surface area contributed by atoms with Gasteiger partial charge in [0.15, 0.2) is 0 Å². The highest BCUT2D eigenvalue weighted by molar-refractivity contribution is 6.30. The van der Waals surface area contributed by atoms with Gasteiger partial charge in [0.25, 0.3) is 0 Å². The molecule has 0 unspecified atom stereocenters. The summed E-state index contributed by atoms with van der Waals surface area (Å²) in [6, 6.07) is 14.7. The van der Waals surface area contributed by atoms with Crippen molar-refractivity contribution in [2.45, 2.75) is 123 Å². The molecule has 5 nitrogen and oxygen atoms in total. The van der Waals surface area contributed by atoms with E-state index >= 15 is 0 Å². The largest absolute Gasteiger partial charge is 0.483 e. The molecule has 0 radical (unpaired) electrons. The molecule has 44 heavy (non-hydrogen) atoms. The normalized spacial score (nSPS) is 20.1. The van der Waals surface area contributed by atoms with Gasteiger partial charge in [0.2, 0.25) is 0 Å². The van der Waals surface area contributed by atoms with E-state index in [0.29, 0.717) is 31.5 Å². The van der Waals surface area contributed by atoms with E-state index in [2.05, 4.69) is 65.0 Å².